The van der Waals surface area contributed by atoms with Crippen LogP contribution in [0.4, 0.5) is 5.69 Å². The number of hydrogen-bond donors (Lipinski definition) is 0. The van der Waals surface area contributed by atoms with Gasteiger partial charge in [0, 0.05) is 6.54 Å². The summed E-state index contributed by atoms with van der Waals surface area (Å²) in [7, 11) is 0. The average molecular weight is 239 g/mol. The van der Waals surface area contributed by atoms with E-state index >= 15 is 0 Å². The molecule has 0 bridgehead atoms. The first-order valence-electron chi connectivity index (χ1n) is 5.63. The summed E-state index contributed by atoms with van der Waals surface area (Å²) >= 11 is -1.36. The number of benzene rings is 1. The van der Waals surface area contributed by atoms with Crippen molar-refractivity contribution in [1.82, 2.24) is 0 Å². The van der Waals surface area contributed by atoms with Gasteiger partial charge in [-0.25, -0.2) is 4.21 Å². The minimum atomic E-state index is -1.36. The van der Waals surface area contributed by atoms with Crippen LogP contribution in [0.25, 0.3) is 0 Å². The van der Waals surface area contributed by atoms with E-state index in [4.69, 9.17) is 4.18 Å². The number of aryl methyl sites for hydroxylation is 1. The van der Waals surface area contributed by atoms with Crippen LogP contribution < -0.4 is 4.31 Å². The van der Waals surface area contributed by atoms with Crippen LogP contribution in [0.3, 0.4) is 0 Å². The lowest BCUT2D eigenvalue weighted by Gasteiger charge is -2.29. The van der Waals surface area contributed by atoms with E-state index in [-0.39, 0.29) is 6.10 Å². The quantitative estimate of drug-likeness (QED) is 0.811. The molecule has 0 spiro atoms. The maximum absolute atomic E-state index is 12.0. The number of fused-ring (bicyclic) bond motifs is 1. The van der Waals surface area contributed by atoms with Crippen molar-refractivity contribution in [3.05, 3.63) is 29.8 Å². The number of rotatable bonds is 3. The summed E-state index contributed by atoms with van der Waals surface area (Å²) in [4.78, 5) is 0. The van der Waals surface area contributed by atoms with E-state index in [9.17, 15) is 4.21 Å². The number of para-hydroxylation sites is 1. The Morgan fingerprint density at radius 1 is 1.38 bits per heavy atom. The van der Waals surface area contributed by atoms with Crippen LogP contribution in [-0.4, -0.2) is 16.9 Å². The van der Waals surface area contributed by atoms with Gasteiger partial charge in [-0.15, -0.1) is 0 Å². The molecule has 2 rings (SSSR count). The molecule has 1 atom stereocenters. The zero-order chi connectivity index (χ0) is 11.5. The van der Waals surface area contributed by atoms with E-state index in [0.717, 1.165) is 25.1 Å². The molecule has 1 heterocycles. The second kappa shape index (κ2) is 4.97. The first-order chi connectivity index (χ1) is 7.68. The predicted molar refractivity (Wildman–Crippen MR) is 66.5 cm³/mol. The Bertz CT molecular complexity index is 392. The van der Waals surface area contributed by atoms with Gasteiger partial charge in [0.25, 0.3) is 11.3 Å². The average Bonchev–Trinajstić information content (AvgIpc) is 2.27. The normalized spacial score (nSPS) is 17.3. The molecule has 16 heavy (non-hydrogen) atoms. The molecule has 0 radical (unpaired) electrons. The summed E-state index contributed by atoms with van der Waals surface area (Å²) in [5.74, 6) is 0. The largest absolute Gasteiger partial charge is 0.271 e. The van der Waals surface area contributed by atoms with Gasteiger partial charge in [0.2, 0.25) is 0 Å². The standard InChI is InChI=1S/C12H17NO2S/c1-10(2)15-16(14)13-9-5-7-11-6-3-4-8-12(11)13/h3-4,6,8,10H,5,7,9H2,1-2H3. The van der Waals surface area contributed by atoms with Crippen LogP contribution in [0.2, 0.25) is 0 Å². The molecule has 3 nitrogen and oxygen atoms in total. The monoisotopic (exact) mass is 239 g/mol. The molecular weight excluding hydrogens is 222 g/mol. The highest BCUT2D eigenvalue weighted by atomic mass is 32.2. The summed E-state index contributed by atoms with van der Waals surface area (Å²) in [6.07, 6.45) is 2.07. The van der Waals surface area contributed by atoms with E-state index in [2.05, 4.69) is 6.07 Å². The van der Waals surface area contributed by atoms with E-state index in [1.54, 1.807) is 0 Å². The Hall–Kier alpha value is -0.870. The number of anilines is 1. The molecule has 0 saturated heterocycles. The number of hydrogen-bond acceptors (Lipinski definition) is 2. The summed E-state index contributed by atoms with van der Waals surface area (Å²) in [5.41, 5.74) is 2.31. The lowest BCUT2D eigenvalue weighted by atomic mass is 10.0. The molecule has 1 aliphatic heterocycles. The highest BCUT2D eigenvalue weighted by Gasteiger charge is 2.22. The molecule has 0 fully saturated rings. The van der Waals surface area contributed by atoms with Gasteiger partial charge in [0.05, 0.1) is 11.8 Å². The molecular formula is C12H17NO2S. The topological polar surface area (TPSA) is 29.5 Å². The van der Waals surface area contributed by atoms with Crippen molar-refractivity contribution in [3.8, 4) is 0 Å². The van der Waals surface area contributed by atoms with Gasteiger partial charge in [-0.1, -0.05) is 18.2 Å². The molecule has 1 unspecified atom stereocenters. The van der Waals surface area contributed by atoms with Crippen LogP contribution in [0, 0.1) is 0 Å². The minimum Gasteiger partial charge on any atom is -0.271 e. The fraction of sp³-hybridized carbons (Fsp3) is 0.500. The molecule has 0 amide bonds. The molecule has 0 aromatic heterocycles. The molecule has 0 N–H and O–H groups in total. The van der Waals surface area contributed by atoms with Crippen molar-refractivity contribution < 1.29 is 8.39 Å². The van der Waals surface area contributed by atoms with Gasteiger partial charge >= 0.3 is 0 Å². The van der Waals surface area contributed by atoms with Gasteiger partial charge in [-0.2, -0.15) is 0 Å². The fourth-order valence-electron chi connectivity index (χ4n) is 1.87. The molecule has 1 aromatic rings. The van der Waals surface area contributed by atoms with E-state index < -0.39 is 11.3 Å². The highest BCUT2D eigenvalue weighted by Crippen LogP contribution is 2.28. The Morgan fingerprint density at radius 2 is 2.12 bits per heavy atom. The summed E-state index contributed by atoms with van der Waals surface area (Å²) < 4.78 is 19.2. The Kier molecular flexibility index (Phi) is 3.61. The summed E-state index contributed by atoms with van der Waals surface area (Å²) in [5, 5.41) is 0. The van der Waals surface area contributed by atoms with Crippen molar-refractivity contribution in [2.24, 2.45) is 0 Å². The van der Waals surface area contributed by atoms with Crippen LogP contribution in [0.5, 0.6) is 0 Å². The van der Waals surface area contributed by atoms with Gasteiger partial charge in [0.15, 0.2) is 0 Å². The van der Waals surface area contributed by atoms with E-state index in [0.29, 0.717) is 0 Å². The lowest BCUT2D eigenvalue weighted by molar-refractivity contribution is 0.268. The third-order valence-corrected chi connectivity index (χ3v) is 3.81. The van der Waals surface area contributed by atoms with Gasteiger partial charge < -0.3 is 0 Å². The first kappa shape index (κ1) is 11.6. The van der Waals surface area contributed by atoms with E-state index in [1.165, 1.54) is 5.56 Å². The SMILES string of the molecule is CC(C)OS(=O)N1CCCc2ccccc21. The Morgan fingerprint density at radius 3 is 2.88 bits per heavy atom. The molecule has 1 aliphatic rings. The minimum absolute atomic E-state index is 0.0186. The summed E-state index contributed by atoms with van der Waals surface area (Å²) in [6.45, 7) is 4.60. The second-order valence-electron chi connectivity index (χ2n) is 4.20. The molecule has 0 aliphatic carbocycles. The van der Waals surface area contributed by atoms with Crippen LogP contribution in [-0.2, 0) is 21.9 Å². The predicted octanol–water partition coefficient (Wildman–Crippen LogP) is 2.44. The third-order valence-electron chi connectivity index (χ3n) is 2.52. The van der Waals surface area contributed by atoms with Crippen molar-refractivity contribution in [2.45, 2.75) is 32.8 Å². The van der Waals surface area contributed by atoms with Gasteiger partial charge in [-0.05, 0) is 38.3 Å². The molecule has 0 saturated carbocycles. The van der Waals surface area contributed by atoms with Crippen molar-refractivity contribution >= 4 is 17.0 Å². The van der Waals surface area contributed by atoms with Crippen molar-refractivity contribution in [2.75, 3.05) is 10.8 Å². The van der Waals surface area contributed by atoms with Crippen molar-refractivity contribution in [1.29, 1.82) is 0 Å². The smallest absolute Gasteiger partial charge is 0.264 e. The van der Waals surface area contributed by atoms with Crippen LogP contribution >= 0.6 is 0 Å². The third kappa shape index (κ3) is 2.44. The highest BCUT2D eigenvalue weighted by molar-refractivity contribution is 7.81. The molecule has 4 heteroatoms. The zero-order valence-corrected chi connectivity index (χ0v) is 10.5. The van der Waals surface area contributed by atoms with Crippen LogP contribution in [0.1, 0.15) is 25.8 Å². The second-order valence-corrected chi connectivity index (χ2v) is 5.26. The maximum Gasteiger partial charge on any atom is 0.264 e. The van der Waals surface area contributed by atoms with Gasteiger partial charge in [-0.3, -0.25) is 8.49 Å². The molecule has 88 valence electrons. The first-order valence-corrected chi connectivity index (χ1v) is 6.66. The fourth-order valence-corrected chi connectivity index (χ4v) is 2.92. The van der Waals surface area contributed by atoms with Gasteiger partial charge in [0.1, 0.15) is 0 Å². The molecule has 1 aromatic carbocycles. The van der Waals surface area contributed by atoms with Crippen molar-refractivity contribution in [3.63, 3.8) is 0 Å². The number of nitrogens with zero attached hydrogens (tertiary/aromatic N) is 1. The lowest BCUT2D eigenvalue weighted by Crippen LogP contribution is -2.33. The maximum atomic E-state index is 12.0. The Labute approximate surface area is 99.2 Å². The van der Waals surface area contributed by atoms with Crippen LogP contribution in [0.15, 0.2) is 24.3 Å². The van der Waals surface area contributed by atoms with E-state index in [1.807, 2.05) is 36.4 Å². The Balaban J connectivity index is 2.21. The zero-order valence-electron chi connectivity index (χ0n) is 9.68. The summed E-state index contributed by atoms with van der Waals surface area (Å²) in [6, 6.07) is 8.10.